The maximum absolute atomic E-state index is 13.4. The Balaban J connectivity index is 2.24. The minimum Gasteiger partial charge on any atom is -0.399 e. The van der Waals surface area contributed by atoms with E-state index in [9.17, 15) is 13.2 Å². The van der Waals surface area contributed by atoms with Crippen LogP contribution in [0.15, 0.2) is 18.2 Å². The molecule has 0 bridgehead atoms. The third-order valence-corrected chi connectivity index (χ3v) is 2.48. The van der Waals surface area contributed by atoms with E-state index in [1.54, 1.807) is 0 Å². The molecule has 2 rings (SSSR count). The summed E-state index contributed by atoms with van der Waals surface area (Å²) in [5, 5.41) is 0. The SMILES string of the molecule is Nc1ccc(N2CCC(F)(F)C2)c(F)c1. The molecule has 1 aromatic rings. The molecular formula is C10H11F3N2. The molecule has 1 aliphatic heterocycles. The van der Waals surface area contributed by atoms with Crippen LogP contribution < -0.4 is 10.6 Å². The molecule has 82 valence electrons. The lowest BCUT2D eigenvalue weighted by Crippen LogP contribution is -2.25. The standard InChI is InChI=1S/C10H11F3N2/c11-8-5-7(14)1-2-9(8)15-4-3-10(12,13)6-15/h1-2,5H,3-4,6,14H2. The number of nitrogen functional groups attached to an aromatic ring is 1. The molecule has 1 aromatic carbocycles. The largest absolute Gasteiger partial charge is 0.399 e. The first-order valence-corrected chi connectivity index (χ1v) is 4.66. The molecule has 1 fully saturated rings. The average Bonchev–Trinajstić information content (AvgIpc) is 2.46. The fourth-order valence-corrected chi connectivity index (χ4v) is 1.72. The van der Waals surface area contributed by atoms with Gasteiger partial charge in [0.15, 0.2) is 0 Å². The molecule has 1 heterocycles. The highest BCUT2D eigenvalue weighted by Crippen LogP contribution is 2.32. The van der Waals surface area contributed by atoms with Crippen molar-refractivity contribution < 1.29 is 13.2 Å². The summed E-state index contributed by atoms with van der Waals surface area (Å²) in [7, 11) is 0. The van der Waals surface area contributed by atoms with Gasteiger partial charge in [-0.2, -0.15) is 0 Å². The fourth-order valence-electron chi connectivity index (χ4n) is 1.72. The van der Waals surface area contributed by atoms with Gasteiger partial charge in [0.05, 0.1) is 12.2 Å². The van der Waals surface area contributed by atoms with Crippen LogP contribution in [0.2, 0.25) is 0 Å². The van der Waals surface area contributed by atoms with Gasteiger partial charge in [0.25, 0.3) is 5.92 Å². The Labute approximate surface area is 85.5 Å². The quantitative estimate of drug-likeness (QED) is 0.729. The zero-order valence-electron chi connectivity index (χ0n) is 8.01. The van der Waals surface area contributed by atoms with Crippen LogP contribution in [0.3, 0.4) is 0 Å². The van der Waals surface area contributed by atoms with Gasteiger partial charge in [0, 0.05) is 18.7 Å². The number of benzene rings is 1. The van der Waals surface area contributed by atoms with Gasteiger partial charge in [-0.3, -0.25) is 0 Å². The average molecular weight is 216 g/mol. The number of rotatable bonds is 1. The van der Waals surface area contributed by atoms with E-state index < -0.39 is 18.3 Å². The third kappa shape index (κ3) is 2.00. The van der Waals surface area contributed by atoms with Gasteiger partial charge in [-0.1, -0.05) is 0 Å². The molecule has 2 nitrogen and oxygen atoms in total. The monoisotopic (exact) mass is 216 g/mol. The second kappa shape index (κ2) is 3.32. The minimum atomic E-state index is -2.71. The van der Waals surface area contributed by atoms with Crippen LogP contribution in [-0.4, -0.2) is 19.0 Å². The first-order chi connectivity index (χ1) is 6.98. The van der Waals surface area contributed by atoms with Crippen molar-refractivity contribution in [3.05, 3.63) is 24.0 Å². The predicted molar refractivity (Wildman–Crippen MR) is 52.6 cm³/mol. The van der Waals surface area contributed by atoms with E-state index in [0.29, 0.717) is 5.69 Å². The molecule has 1 saturated heterocycles. The van der Waals surface area contributed by atoms with E-state index in [0.717, 1.165) is 6.07 Å². The smallest absolute Gasteiger partial charge is 0.266 e. The zero-order chi connectivity index (χ0) is 11.1. The molecular weight excluding hydrogens is 205 g/mol. The summed E-state index contributed by atoms with van der Waals surface area (Å²) in [5.41, 5.74) is 5.86. The summed E-state index contributed by atoms with van der Waals surface area (Å²) in [6.45, 7) is -0.248. The van der Waals surface area contributed by atoms with Crippen LogP contribution in [0, 0.1) is 5.82 Å². The van der Waals surface area contributed by atoms with E-state index in [-0.39, 0.29) is 18.7 Å². The van der Waals surface area contributed by atoms with Gasteiger partial charge in [-0.05, 0) is 18.2 Å². The van der Waals surface area contributed by atoms with Gasteiger partial charge in [-0.25, -0.2) is 13.2 Å². The number of alkyl halides is 2. The number of nitrogens with zero attached hydrogens (tertiary/aromatic N) is 1. The molecule has 0 saturated carbocycles. The van der Waals surface area contributed by atoms with Crippen molar-refractivity contribution in [1.29, 1.82) is 0 Å². The molecule has 5 heteroatoms. The Bertz CT molecular complexity index is 379. The normalized spacial score (nSPS) is 19.5. The number of nitrogens with two attached hydrogens (primary N) is 1. The molecule has 0 unspecified atom stereocenters. The summed E-state index contributed by atoms with van der Waals surface area (Å²) in [6.07, 6.45) is -0.225. The lowest BCUT2D eigenvalue weighted by atomic mass is 10.2. The Kier molecular flexibility index (Phi) is 2.25. The molecule has 15 heavy (non-hydrogen) atoms. The van der Waals surface area contributed by atoms with Gasteiger partial charge in [0.1, 0.15) is 5.82 Å². The van der Waals surface area contributed by atoms with E-state index in [1.807, 2.05) is 0 Å². The number of anilines is 2. The number of hydrogen-bond acceptors (Lipinski definition) is 2. The van der Waals surface area contributed by atoms with E-state index >= 15 is 0 Å². The zero-order valence-corrected chi connectivity index (χ0v) is 8.01. The van der Waals surface area contributed by atoms with Gasteiger partial charge >= 0.3 is 0 Å². The fraction of sp³-hybridized carbons (Fsp3) is 0.400. The molecule has 0 radical (unpaired) electrons. The summed E-state index contributed by atoms with van der Waals surface area (Å²) < 4.78 is 39.2. The maximum Gasteiger partial charge on any atom is 0.266 e. The highest BCUT2D eigenvalue weighted by Gasteiger charge is 2.38. The van der Waals surface area contributed by atoms with Crippen molar-refractivity contribution in [1.82, 2.24) is 0 Å². The number of halogens is 3. The van der Waals surface area contributed by atoms with E-state index in [1.165, 1.54) is 17.0 Å². The van der Waals surface area contributed by atoms with Crippen molar-refractivity contribution in [2.24, 2.45) is 0 Å². The Morgan fingerprint density at radius 2 is 2.07 bits per heavy atom. The Morgan fingerprint density at radius 1 is 1.33 bits per heavy atom. The highest BCUT2D eigenvalue weighted by molar-refractivity contribution is 5.55. The second-order valence-corrected chi connectivity index (χ2v) is 3.74. The molecule has 0 aliphatic carbocycles. The lowest BCUT2D eigenvalue weighted by molar-refractivity contribution is 0.0257. The summed E-state index contributed by atoms with van der Waals surface area (Å²) in [5.74, 6) is -3.26. The third-order valence-electron chi connectivity index (χ3n) is 2.48. The summed E-state index contributed by atoms with van der Waals surface area (Å²) >= 11 is 0. The number of hydrogen-bond donors (Lipinski definition) is 1. The first-order valence-electron chi connectivity index (χ1n) is 4.66. The molecule has 1 aliphatic rings. The van der Waals surface area contributed by atoms with E-state index in [4.69, 9.17) is 5.73 Å². The van der Waals surface area contributed by atoms with Gasteiger partial charge < -0.3 is 10.6 Å². The summed E-state index contributed by atoms with van der Waals surface area (Å²) in [4.78, 5) is 1.34. The predicted octanol–water partition coefficient (Wildman–Crippen LogP) is 2.25. The van der Waals surface area contributed by atoms with Crippen molar-refractivity contribution in [3.8, 4) is 0 Å². The van der Waals surface area contributed by atoms with Crippen LogP contribution in [0.4, 0.5) is 24.5 Å². The van der Waals surface area contributed by atoms with Gasteiger partial charge in [0.2, 0.25) is 0 Å². The molecule has 0 atom stereocenters. The maximum atomic E-state index is 13.4. The van der Waals surface area contributed by atoms with E-state index in [2.05, 4.69) is 0 Å². The first kappa shape index (κ1) is 10.1. The highest BCUT2D eigenvalue weighted by atomic mass is 19.3. The van der Waals surface area contributed by atoms with Crippen LogP contribution in [0.1, 0.15) is 6.42 Å². The molecule has 0 aromatic heterocycles. The molecule has 2 N–H and O–H groups in total. The van der Waals surface area contributed by atoms with Crippen molar-refractivity contribution in [3.63, 3.8) is 0 Å². The lowest BCUT2D eigenvalue weighted by Gasteiger charge is -2.18. The van der Waals surface area contributed by atoms with Gasteiger partial charge in [-0.15, -0.1) is 0 Å². The van der Waals surface area contributed by atoms with Crippen molar-refractivity contribution in [2.45, 2.75) is 12.3 Å². The van der Waals surface area contributed by atoms with Crippen LogP contribution >= 0.6 is 0 Å². The Hall–Kier alpha value is -1.39. The minimum absolute atomic E-state index is 0.174. The Morgan fingerprint density at radius 3 is 2.60 bits per heavy atom. The van der Waals surface area contributed by atoms with Crippen molar-refractivity contribution >= 4 is 11.4 Å². The molecule has 0 spiro atoms. The van der Waals surface area contributed by atoms with Crippen LogP contribution in [0.25, 0.3) is 0 Å². The van der Waals surface area contributed by atoms with Crippen LogP contribution in [-0.2, 0) is 0 Å². The molecule has 0 amide bonds. The van der Waals surface area contributed by atoms with Crippen molar-refractivity contribution in [2.75, 3.05) is 23.7 Å². The van der Waals surface area contributed by atoms with Crippen LogP contribution in [0.5, 0.6) is 0 Å². The topological polar surface area (TPSA) is 29.3 Å². The summed E-state index contributed by atoms with van der Waals surface area (Å²) in [6, 6.07) is 4.09. The second-order valence-electron chi connectivity index (χ2n) is 3.74.